The topological polar surface area (TPSA) is 64.6 Å². The van der Waals surface area contributed by atoms with Crippen LogP contribution in [0.2, 0.25) is 0 Å². The lowest BCUT2D eigenvalue weighted by molar-refractivity contribution is -0.145. The second-order valence-corrected chi connectivity index (χ2v) is 7.15. The molecule has 0 spiro atoms. The van der Waals surface area contributed by atoms with Crippen molar-refractivity contribution >= 4 is 11.9 Å². The molecule has 0 radical (unpaired) electrons. The molecule has 124 valence electrons. The van der Waals surface area contributed by atoms with Gasteiger partial charge in [-0.2, -0.15) is 0 Å². The van der Waals surface area contributed by atoms with Crippen molar-refractivity contribution in [3.8, 4) is 0 Å². The van der Waals surface area contributed by atoms with Crippen LogP contribution < -0.4 is 5.32 Å². The van der Waals surface area contributed by atoms with Gasteiger partial charge in [0, 0.05) is 11.1 Å². The normalized spacial score (nSPS) is 15.2. The lowest BCUT2D eigenvalue weighted by atomic mass is 9.85. The molecule has 0 aliphatic heterocycles. The summed E-state index contributed by atoms with van der Waals surface area (Å²) in [5.41, 5.74) is -0.486. The fourth-order valence-corrected chi connectivity index (χ4v) is 3.12. The van der Waals surface area contributed by atoms with Crippen LogP contribution in [-0.2, 0) is 19.1 Å². The maximum Gasteiger partial charge on any atom is 0.308 e. The molecule has 0 rings (SSSR count). The first-order chi connectivity index (χ1) is 9.44. The van der Waals surface area contributed by atoms with Gasteiger partial charge in [-0.25, -0.2) is 0 Å². The molecule has 0 bridgehead atoms. The molecule has 21 heavy (non-hydrogen) atoms. The predicted molar refractivity (Wildman–Crippen MR) is 82.9 cm³/mol. The molecule has 5 heteroatoms. The Kier molecular flexibility index (Phi) is 7.37. The van der Waals surface area contributed by atoms with E-state index in [1.165, 1.54) is 14.2 Å². The van der Waals surface area contributed by atoms with Gasteiger partial charge < -0.3 is 14.8 Å². The Morgan fingerprint density at radius 1 is 0.857 bits per heavy atom. The summed E-state index contributed by atoms with van der Waals surface area (Å²) in [6.45, 7) is 11.9. The molecule has 0 aliphatic carbocycles. The Morgan fingerprint density at radius 3 is 1.38 bits per heavy atom. The minimum Gasteiger partial charge on any atom is -0.469 e. The average molecular weight is 301 g/mol. The summed E-state index contributed by atoms with van der Waals surface area (Å²) in [5.74, 6) is -0.756. The highest BCUT2D eigenvalue weighted by Gasteiger charge is 2.33. The third-order valence-corrected chi connectivity index (χ3v) is 3.52. The molecule has 0 aromatic heterocycles. The van der Waals surface area contributed by atoms with Gasteiger partial charge in [0.1, 0.15) is 0 Å². The summed E-state index contributed by atoms with van der Waals surface area (Å²) in [5, 5.41) is 3.54. The Morgan fingerprint density at radius 2 is 1.14 bits per heavy atom. The molecule has 0 aromatic rings. The minimum absolute atomic E-state index is 0.175. The van der Waals surface area contributed by atoms with Crippen molar-refractivity contribution in [1.29, 1.82) is 0 Å². The molecular weight excluding hydrogens is 270 g/mol. The third-order valence-electron chi connectivity index (χ3n) is 3.52. The zero-order valence-electron chi connectivity index (χ0n) is 14.7. The van der Waals surface area contributed by atoms with Crippen molar-refractivity contribution in [3.05, 3.63) is 0 Å². The maximum absolute atomic E-state index is 11.5. The number of esters is 2. The van der Waals surface area contributed by atoms with Crippen LogP contribution in [0.4, 0.5) is 0 Å². The van der Waals surface area contributed by atoms with Crippen LogP contribution in [0.25, 0.3) is 0 Å². The van der Waals surface area contributed by atoms with Crippen molar-refractivity contribution in [2.45, 2.75) is 65.5 Å². The van der Waals surface area contributed by atoms with Gasteiger partial charge in [-0.05, 0) is 40.5 Å². The van der Waals surface area contributed by atoms with E-state index in [1.54, 1.807) is 0 Å². The molecule has 2 atom stereocenters. The van der Waals surface area contributed by atoms with Crippen LogP contribution in [-0.4, -0.2) is 37.2 Å². The summed E-state index contributed by atoms with van der Waals surface area (Å²) in [4.78, 5) is 23.1. The Bertz CT molecular complexity index is 329. The van der Waals surface area contributed by atoms with Gasteiger partial charge in [0.05, 0.1) is 26.1 Å². The summed E-state index contributed by atoms with van der Waals surface area (Å²) >= 11 is 0. The van der Waals surface area contributed by atoms with Gasteiger partial charge in [0.25, 0.3) is 0 Å². The van der Waals surface area contributed by atoms with E-state index in [2.05, 4.69) is 33.0 Å². The molecule has 0 saturated heterocycles. The van der Waals surface area contributed by atoms with Gasteiger partial charge in [-0.15, -0.1) is 0 Å². The van der Waals surface area contributed by atoms with E-state index in [9.17, 15) is 9.59 Å². The highest BCUT2D eigenvalue weighted by molar-refractivity contribution is 5.72. The number of hydrogen-bond acceptors (Lipinski definition) is 5. The summed E-state index contributed by atoms with van der Waals surface area (Å²) < 4.78 is 9.54. The van der Waals surface area contributed by atoms with E-state index in [0.717, 1.165) is 0 Å². The first-order valence-electron chi connectivity index (χ1n) is 7.39. The van der Waals surface area contributed by atoms with Crippen LogP contribution in [0.3, 0.4) is 0 Å². The molecular formula is C16H31NO4. The summed E-state index contributed by atoms with van der Waals surface area (Å²) in [6.07, 6.45) is 1.32. The molecule has 0 fully saturated rings. The van der Waals surface area contributed by atoms with Crippen LogP contribution in [0.15, 0.2) is 0 Å². The van der Waals surface area contributed by atoms with E-state index in [1.807, 2.05) is 13.8 Å². The SMILES string of the molecule is COC(=O)C(C)CC(C)(C)NC(C)(C)CC(C)C(=O)OC. The fraction of sp³-hybridized carbons (Fsp3) is 0.875. The number of carbonyl (C=O) groups is 2. The molecule has 5 nitrogen and oxygen atoms in total. The predicted octanol–water partition coefficient (Wildman–Crippen LogP) is 2.53. The van der Waals surface area contributed by atoms with Crippen LogP contribution in [0.5, 0.6) is 0 Å². The highest BCUT2D eigenvalue weighted by atomic mass is 16.5. The molecule has 1 N–H and O–H groups in total. The zero-order chi connectivity index (χ0) is 16.8. The standard InChI is InChI=1S/C16H31NO4/c1-11(13(18)20-7)9-15(3,4)17-16(5,6)10-12(2)14(19)21-8/h11-12,17H,9-10H2,1-8H3. The summed E-state index contributed by atoms with van der Waals surface area (Å²) in [6, 6.07) is 0. The first kappa shape index (κ1) is 19.9. The number of nitrogens with one attached hydrogen (secondary N) is 1. The minimum atomic E-state index is -0.243. The number of methoxy groups -OCH3 is 2. The largest absolute Gasteiger partial charge is 0.469 e. The van der Waals surface area contributed by atoms with Crippen LogP contribution >= 0.6 is 0 Å². The average Bonchev–Trinajstić information content (AvgIpc) is 2.33. The third kappa shape index (κ3) is 7.46. The lowest BCUT2D eigenvalue weighted by Crippen LogP contribution is -2.54. The molecule has 0 aromatic carbocycles. The monoisotopic (exact) mass is 301 g/mol. The second-order valence-electron chi connectivity index (χ2n) is 7.15. The van der Waals surface area contributed by atoms with E-state index >= 15 is 0 Å². The van der Waals surface area contributed by atoms with Crippen LogP contribution in [0, 0.1) is 11.8 Å². The molecule has 0 saturated carbocycles. The quantitative estimate of drug-likeness (QED) is 0.698. The molecule has 0 amide bonds. The number of rotatable bonds is 8. The van der Waals surface area contributed by atoms with Gasteiger partial charge in [0.15, 0.2) is 0 Å². The molecule has 0 aliphatic rings. The fourth-order valence-electron chi connectivity index (χ4n) is 3.12. The van der Waals surface area contributed by atoms with Gasteiger partial charge in [0.2, 0.25) is 0 Å². The first-order valence-corrected chi connectivity index (χ1v) is 7.39. The van der Waals surface area contributed by atoms with Crippen molar-refractivity contribution in [3.63, 3.8) is 0 Å². The molecule has 2 unspecified atom stereocenters. The highest BCUT2D eigenvalue weighted by Crippen LogP contribution is 2.25. The zero-order valence-corrected chi connectivity index (χ0v) is 14.7. The number of hydrogen-bond donors (Lipinski definition) is 1. The van der Waals surface area contributed by atoms with Gasteiger partial charge in [-0.1, -0.05) is 13.8 Å². The second kappa shape index (κ2) is 7.78. The number of carbonyl (C=O) groups excluding carboxylic acids is 2. The number of ether oxygens (including phenoxy) is 2. The van der Waals surface area contributed by atoms with Gasteiger partial charge in [-0.3, -0.25) is 9.59 Å². The van der Waals surface area contributed by atoms with Crippen molar-refractivity contribution in [2.75, 3.05) is 14.2 Å². The van der Waals surface area contributed by atoms with E-state index in [4.69, 9.17) is 9.47 Å². The Labute approximate surface area is 128 Å². The smallest absolute Gasteiger partial charge is 0.308 e. The Balaban J connectivity index is 4.67. The summed E-state index contributed by atoms with van der Waals surface area (Å²) in [7, 11) is 2.81. The van der Waals surface area contributed by atoms with Crippen molar-refractivity contribution < 1.29 is 19.1 Å². The maximum atomic E-state index is 11.5. The molecule has 0 heterocycles. The van der Waals surface area contributed by atoms with Gasteiger partial charge >= 0.3 is 11.9 Å². The van der Waals surface area contributed by atoms with Crippen molar-refractivity contribution in [2.24, 2.45) is 11.8 Å². The van der Waals surface area contributed by atoms with E-state index in [0.29, 0.717) is 12.8 Å². The van der Waals surface area contributed by atoms with Crippen molar-refractivity contribution in [1.82, 2.24) is 5.32 Å². The lowest BCUT2D eigenvalue weighted by Gasteiger charge is -2.39. The Hall–Kier alpha value is -1.10. The van der Waals surface area contributed by atoms with Crippen LogP contribution in [0.1, 0.15) is 54.4 Å². The van der Waals surface area contributed by atoms with E-state index in [-0.39, 0.29) is 34.9 Å². The van der Waals surface area contributed by atoms with E-state index < -0.39 is 0 Å².